The first-order valence-corrected chi connectivity index (χ1v) is 22.9. The zero-order valence-electron chi connectivity index (χ0n) is 38.4. The molecule has 15 nitrogen and oxygen atoms in total. The van der Waals surface area contributed by atoms with Gasteiger partial charge in [0.05, 0.1) is 40.5 Å². The zero-order valence-corrected chi connectivity index (χ0v) is 38.4. The van der Waals surface area contributed by atoms with Crippen molar-refractivity contribution < 1.29 is 38.1 Å². The Morgan fingerprint density at radius 3 is 2.19 bits per heavy atom. The smallest absolute Gasteiger partial charge is 0.409 e. The van der Waals surface area contributed by atoms with Crippen molar-refractivity contribution in [3.8, 4) is 23.0 Å². The standard InChI is InChI=1S/C49H65N7O8/c1-7-53-21-14-34-28-40(60-3)42(62-5)30-37(34)45(53)39-27-36(46(58)54-23-25-55(26-24-54)47-50-18-19-51-47)13-17-49(39)38-31-43(63-6)41(61-4)29-35(38)15-22-56(49)44(57)16-20-52(2)48(59)64-32-33-11-9-8-10-12-33/h8-12,28-31,36,39,45H,7,13-27,32H2,1-6H3,(H,50,51). The Bertz CT molecular complexity index is 2200. The quantitative estimate of drug-likeness (QED) is 0.260. The fraction of sp³-hybridized carbons (Fsp3) is 0.551. The molecule has 4 unspecified atom stereocenters. The molecule has 2 fully saturated rings. The maximum atomic E-state index is 15.2. The van der Waals surface area contributed by atoms with Crippen molar-refractivity contribution in [1.29, 1.82) is 0 Å². The lowest BCUT2D eigenvalue weighted by atomic mass is 9.58. The monoisotopic (exact) mass is 879 g/mol. The Morgan fingerprint density at radius 1 is 0.844 bits per heavy atom. The summed E-state index contributed by atoms with van der Waals surface area (Å²) in [6.07, 6.45) is 2.78. The van der Waals surface area contributed by atoms with E-state index in [-0.39, 0.29) is 49.3 Å². The lowest BCUT2D eigenvalue weighted by Gasteiger charge is -2.59. The number of piperazine rings is 1. The molecule has 344 valence electrons. The van der Waals surface area contributed by atoms with E-state index in [0.717, 1.165) is 73.9 Å². The minimum absolute atomic E-state index is 0.0520. The van der Waals surface area contributed by atoms with Gasteiger partial charge in [0.15, 0.2) is 29.0 Å². The molecule has 15 heteroatoms. The molecular weight excluding hydrogens is 815 g/mol. The normalized spacial score (nSPS) is 23.1. The fourth-order valence-corrected chi connectivity index (χ4v) is 11.1. The highest BCUT2D eigenvalue weighted by molar-refractivity contribution is 5.83. The highest BCUT2D eigenvalue weighted by Crippen LogP contribution is 2.59. The van der Waals surface area contributed by atoms with Gasteiger partial charge in [-0.25, -0.2) is 4.79 Å². The van der Waals surface area contributed by atoms with Crippen LogP contribution in [0.2, 0.25) is 0 Å². The van der Waals surface area contributed by atoms with Crippen LogP contribution in [0.5, 0.6) is 23.0 Å². The van der Waals surface area contributed by atoms with Gasteiger partial charge in [-0.15, -0.1) is 0 Å². The molecule has 1 spiro atoms. The van der Waals surface area contributed by atoms with Crippen molar-refractivity contribution in [2.24, 2.45) is 16.8 Å². The van der Waals surface area contributed by atoms with Gasteiger partial charge in [-0.1, -0.05) is 37.3 Å². The molecule has 1 saturated heterocycles. The molecule has 4 heterocycles. The molecule has 0 aromatic heterocycles. The van der Waals surface area contributed by atoms with E-state index in [1.165, 1.54) is 10.5 Å². The average Bonchev–Trinajstić information content (AvgIpc) is 3.89. The van der Waals surface area contributed by atoms with Crippen LogP contribution in [0.4, 0.5) is 4.79 Å². The molecule has 3 aromatic rings. The number of nitrogens with one attached hydrogen (secondary N) is 1. The number of benzene rings is 3. The summed E-state index contributed by atoms with van der Waals surface area (Å²) in [6.45, 7) is 8.89. The number of fused-ring (bicyclic) bond motifs is 3. The Morgan fingerprint density at radius 2 is 1.52 bits per heavy atom. The lowest BCUT2D eigenvalue weighted by Crippen LogP contribution is -2.63. The molecule has 1 N–H and O–H groups in total. The third kappa shape index (κ3) is 8.62. The summed E-state index contributed by atoms with van der Waals surface area (Å²) in [5, 5.41) is 3.39. The number of guanidine groups is 1. The Kier molecular flexibility index (Phi) is 13.7. The molecule has 64 heavy (non-hydrogen) atoms. The number of amides is 3. The van der Waals surface area contributed by atoms with Crippen LogP contribution in [0.3, 0.4) is 0 Å². The summed E-state index contributed by atoms with van der Waals surface area (Å²) >= 11 is 0. The lowest BCUT2D eigenvalue weighted by molar-refractivity contribution is -0.153. The van der Waals surface area contributed by atoms with Crippen LogP contribution in [-0.4, -0.2) is 149 Å². The van der Waals surface area contributed by atoms with Crippen molar-refractivity contribution in [2.45, 2.75) is 63.6 Å². The number of methoxy groups -OCH3 is 4. The summed E-state index contributed by atoms with van der Waals surface area (Å²) in [5.74, 6) is 3.10. The Balaban J connectivity index is 1.19. The van der Waals surface area contributed by atoms with E-state index in [0.29, 0.717) is 68.3 Å². The molecule has 5 aliphatic rings. The third-order valence-electron chi connectivity index (χ3n) is 14.4. The van der Waals surface area contributed by atoms with Crippen molar-refractivity contribution in [3.63, 3.8) is 0 Å². The summed E-state index contributed by atoms with van der Waals surface area (Å²) in [7, 11) is 8.30. The first-order valence-electron chi connectivity index (χ1n) is 22.9. The van der Waals surface area contributed by atoms with Gasteiger partial charge in [0.25, 0.3) is 0 Å². The number of rotatable bonds is 12. The molecular formula is C49H65N7O8. The molecule has 1 saturated carbocycles. The number of ether oxygens (including phenoxy) is 5. The van der Waals surface area contributed by atoms with Gasteiger partial charge in [0, 0.05) is 83.7 Å². The highest BCUT2D eigenvalue weighted by Gasteiger charge is 2.58. The first kappa shape index (κ1) is 44.9. The van der Waals surface area contributed by atoms with Gasteiger partial charge in [-0.05, 0) is 90.7 Å². The number of nitrogens with zero attached hydrogens (tertiary/aromatic N) is 6. The van der Waals surface area contributed by atoms with Crippen molar-refractivity contribution in [3.05, 3.63) is 82.4 Å². The van der Waals surface area contributed by atoms with Crippen LogP contribution in [-0.2, 0) is 39.3 Å². The maximum Gasteiger partial charge on any atom is 0.409 e. The third-order valence-corrected chi connectivity index (χ3v) is 14.4. The minimum Gasteiger partial charge on any atom is -0.493 e. The van der Waals surface area contributed by atoms with Crippen LogP contribution >= 0.6 is 0 Å². The van der Waals surface area contributed by atoms with E-state index < -0.39 is 11.6 Å². The molecule has 4 aliphatic heterocycles. The molecule has 0 bridgehead atoms. The van der Waals surface area contributed by atoms with Crippen molar-refractivity contribution in [2.75, 3.05) is 101 Å². The summed E-state index contributed by atoms with van der Waals surface area (Å²) in [5.41, 5.74) is 4.47. The second-order valence-corrected chi connectivity index (χ2v) is 17.5. The highest BCUT2D eigenvalue weighted by atomic mass is 16.6. The Hall–Kier alpha value is -5.70. The first-order chi connectivity index (χ1) is 31.1. The molecule has 8 rings (SSSR count). The number of aliphatic imine (C=N–C) groups is 1. The van der Waals surface area contributed by atoms with Crippen molar-refractivity contribution >= 4 is 23.9 Å². The summed E-state index contributed by atoms with van der Waals surface area (Å²) in [6, 6.07) is 17.8. The molecule has 1 aliphatic carbocycles. The van der Waals surface area contributed by atoms with Gasteiger partial charge in [-0.2, -0.15) is 0 Å². The van der Waals surface area contributed by atoms with Crippen LogP contribution < -0.4 is 24.3 Å². The van der Waals surface area contributed by atoms with Gasteiger partial charge in [-0.3, -0.25) is 19.5 Å². The van der Waals surface area contributed by atoms with Gasteiger partial charge in [0.1, 0.15) is 6.61 Å². The van der Waals surface area contributed by atoms with Crippen LogP contribution in [0.1, 0.15) is 66.5 Å². The van der Waals surface area contributed by atoms with E-state index in [4.69, 9.17) is 23.7 Å². The maximum absolute atomic E-state index is 15.2. The number of hydrogen-bond acceptors (Lipinski definition) is 12. The van der Waals surface area contributed by atoms with Crippen LogP contribution in [0, 0.1) is 11.8 Å². The SMILES string of the molecule is CCN1CCc2cc(OC)c(OC)cc2C1C1CC(C(=O)N2CCN(C3=NCCN3)CC2)CCC12c1cc(OC)c(OC)cc1CCN2C(=O)CCN(C)C(=O)OCc1ccccc1. The van der Waals surface area contributed by atoms with Gasteiger partial charge < -0.3 is 48.6 Å². The predicted octanol–water partition coefficient (Wildman–Crippen LogP) is 5.10. The fourth-order valence-electron chi connectivity index (χ4n) is 11.1. The average molecular weight is 880 g/mol. The predicted molar refractivity (Wildman–Crippen MR) is 243 cm³/mol. The second-order valence-electron chi connectivity index (χ2n) is 17.5. The number of hydrogen-bond donors (Lipinski definition) is 1. The number of carbonyl (C=O) groups is 3. The van der Waals surface area contributed by atoms with E-state index in [1.54, 1.807) is 35.5 Å². The molecule has 4 atom stereocenters. The molecule has 0 radical (unpaired) electrons. The number of carbonyl (C=O) groups excluding carboxylic acids is 3. The van der Waals surface area contributed by atoms with E-state index in [9.17, 15) is 9.59 Å². The minimum atomic E-state index is -0.849. The van der Waals surface area contributed by atoms with Gasteiger partial charge in [0.2, 0.25) is 11.8 Å². The van der Waals surface area contributed by atoms with E-state index in [2.05, 4.69) is 56.2 Å². The molecule has 3 aromatic carbocycles. The van der Waals surface area contributed by atoms with Crippen LogP contribution in [0.25, 0.3) is 0 Å². The second kappa shape index (κ2) is 19.6. The Labute approximate surface area is 377 Å². The van der Waals surface area contributed by atoms with Crippen molar-refractivity contribution in [1.82, 2.24) is 29.8 Å². The van der Waals surface area contributed by atoms with E-state index >= 15 is 4.79 Å². The van der Waals surface area contributed by atoms with Gasteiger partial charge >= 0.3 is 6.09 Å². The topological polar surface area (TPSA) is 138 Å². The summed E-state index contributed by atoms with van der Waals surface area (Å²) < 4.78 is 29.3. The van der Waals surface area contributed by atoms with Crippen LogP contribution in [0.15, 0.2) is 59.6 Å². The zero-order chi connectivity index (χ0) is 45.0. The summed E-state index contributed by atoms with van der Waals surface area (Å²) in [4.78, 5) is 58.4. The molecule has 3 amide bonds. The van der Waals surface area contributed by atoms with E-state index in [1.807, 2.05) is 35.2 Å². The largest absolute Gasteiger partial charge is 0.493 e. The number of likely N-dealkylation sites (N-methyl/N-ethyl adjacent to an activating group) is 1.